The van der Waals surface area contributed by atoms with Crippen LogP contribution in [0.4, 0.5) is 0 Å². The van der Waals surface area contributed by atoms with Gasteiger partial charge in [-0.2, -0.15) is 0 Å². The lowest BCUT2D eigenvalue weighted by atomic mass is 9.76. The number of amides is 1. The van der Waals surface area contributed by atoms with Gasteiger partial charge in [-0.3, -0.25) is 9.59 Å². The van der Waals surface area contributed by atoms with E-state index in [1.165, 1.54) is 18.7 Å². The summed E-state index contributed by atoms with van der Waals surface area (Å²) in [6.07, 6.45) is 6.90. The van der Waals surface area contributed by atoms with E-state index < -0.39 is 11.4 Å². The van der Waals surface area contributed by atoms with E-state index in [4.69, 9.17) is 0 Å². The first-order valence-electron chi connectivity index (χ1n) is 7.59. The summed E-state index contributed by atoms with van der Waals surface area (Å²) in [7, 11) is 0. The SMILES string of the molecule is Cc1cc(=O)c(C(=O)N[C@](C)(CO)C2CCCCC2)c[nH]1. The van der Waals surface area contributed by atoms with Gasteiger partial charge in [0.25, 0.3) is 5.91 Å². The number of aryl methyl sites for hydroxylation is 1. The second-order valence-electron chi connectivity index (χ2n) is 6.26. The predicted octanol–water partition coefficient (Wildman–Crippen LogP) is 1.74. The molecule has 1 aliphatic rings. The van der Waals surface area contributed by atoms with Crippen LogP contribution >= 0.6 is 0 Å². The smallest absolute Gasteiger partial charge is 0.257 e. The maximum Gasteiger partial charge on any atom is 0.257 e. The Labute approximate surface area is 124 Å². The molecule has 1 heterocycles. The maximum absolute atomic E-state index is 12.4. The second kappa shape index (κ2) is 6.43. The third-order valence-corrected chi connectivity index (χ3v) is 4.54. The molecule has 1 fully saturated rings. The Hall–Kier alpha value is -1.62. The van der Waals surface area contributed by atoms with Gasteiger partial charge in [-0.1, -0.05) is 19.3 Å². The van der Waals surface area contributed by atoms with Gasteiger partial charge in [-0.05, 0) is 32.6 Å². The summed E-state index contributed by atoms with van der Waals surface area (Å²) >= 11 is 0. The zero-order chi connectivity index (χ0) is 15.5. The summed E-state index contributed by atoms with van der Waals surface area (Å²) in [6, 6.07) is 1.41. The molecule has 5 nitrogen and oxygen atoms in total. The highest BCUT2D eigenvalue weighted by Gasteiger charge is 2.36. The number of H-pyrrole nitrogens is 1. The molecule has 2 rings (SSSR count). The highest BCUT2D eigenvalue weighted by molar-refractivity contribution is 5.94. The van der Waals surface area contributed by atoms with Crippen LogP contribution in [-0.4, -0.2) is 28.1 Å². The number of hydrogen-bond donors (Lipinski definition) is 3. The first-order chi connectivity index (χ1) is 9.96. The Balaban J connectivity index is 2.17. The average Bonchev–Trinajstić information content (AvgIpc) is 2.47. The van der Waals surface area contributed by atoms with E-state index in [0.717, 1.165) is 25.7 Å². The van der Waals surface area contributed by atoms with Crippen molar-refractivity contribution < 1.29 is 9.90 Å². The molecule has 0 radical (unpaired) electrons. The Morgan fingerprint density at radius 2 is 2.10 bits per heavy atom. The molecule has 116 valence electrons. The van der Waals surface area contributed by atoms with E-state index in [2.05, 4.69) is 10.3 Å². The number of aliphatic hydroxyl groups is 1. The van der Waals surface area contributed by atoms with E-state index in [-0.39, 0.29) is 23.5 Å². The monoisotopic (exact) mass is 292 g/mol. The largest absolute Gasteiger partial charge is 0.394 e. The molecule has 0 saturated heterocycles. The molecule has 1 amide bonds. The first kappa shape index (κ1) is 15.8. The van der Waals surface area contributed by atoms with Gasteiger partial charge in [0.05, 0.1) is 12.1 Å². The number of rotatable bonds is 4. The van der Waals surface area contributed by atoms with Gasteiger partial charge in [0, 0.05) is 18.0 Å². The molecule has 0 bridgehead atoms. The summed E-state index contributed by atoms with van der Waals surface area (Å²) in [6.45, 7) is 3.51. The normalized spacial score (nSPS) is 19.0. The highest BCUT2D eigenvalue weighted by atomic mass is 16.3. The van der Waals surface area contributed by atoms with Crippen molar-refractivity contribution in [3.8, 4) is 0 Å². The molecular formula is C16H24N2O3. The van der Waals surface area contributed by atoms with Crippen molar-refractivity contribution in [2.24, 2.45) is 5.92 Å². The van der Waals surface area contributed by atoms with Crippen molar-refractivity contribution in [2.75, 3.05) is 6.61 Å². The molecule has 21 heavy (non-hydrogen) atoms. The zero-order valence-electron chi connectivity index (χ0n) is 12.7. The molecule has 1 atom stereocenters. The molecular weight excluding hydrogens is 268 g/mol. The van der Waals surface area contributed by atoms with E-state index in [0.29, 0.717) is 5.69 Å². The van der Waals surface area contributed by atoms with Gasteiger partial charge >= 0.3 is 0 Å². The van der Waals surface area contributed by atoms with Crippen LogP contribution in [0, 0.1) is 12.8 Å². The van der Waals surface area contributed by atoms with Crippen molar-refractivity contribution in [3.63, 3.8) is 0 Å². The first-order valence-corrected chi connectivity index (χ1v) is 7.59. The molecule has 0 spiro atoms. The lowest BCUT2D eigenvalue weighted by Crippen LogP contribution is -2.55. The van der Waals surface area contributed by atoms with Crippen LogP contribution in [0.3, 0.4) is 0 Å². The minimum Gasteiger partial charge on any atom is -0.394 e. The predicted molar refractivity (Wildman–Crippen MR) is 81.3 cm³/mol. The van der Waals surface area contributed by atoms with Crippen LogP contribution < -0.4 is 10.7 Å². The van der Waals surface area contributed by atoms with E-state index in [9.17, 15) is 14.7 Å². The Bertz CT molecular complexity index is 561. The summed E-state index contributed by atoms with van der Waals surface area (Å²) in [5.41, 5.74) is -0.160. The van der Waals surface area contributed by atoms with Crippen molar-refractivity contribution >= 4 is 5.91 Å². The fraction of sp³-hybridized carbons (Fsp3) is 0.625. The number of aromatic nitrogens is 1. The van der Waals surface area contributed by atoms with Crippen molar-refractivity contribution in [1.29, 1.82) is 0 Å². The molecule has 5 heteroatoms. The quantitative estimate of drug-likeness (QED) is 0.790. The van der Waals surface area contributed by atoms with Gasteiger partial charge < -0.3 is 15.4 Å². The third-order valence-electron chi connectivity index (χ3n) is 4.54. The van der Waals surface area contributed by atoms with E-state index >= 15 is 0 Å². The van der Waals surface area contributed by atoms with Crippen LogP contribution in [0.1, 0.15) is 55.1 Å². The van der Waals surface area contributed by atoms with Gasteiger partial charge in [0.1, 0.15) is 5.56 Å². The third kappa shape index (κ3) is 3.53. The van der Waals surface area contributed by atoms with Gasteiger partial charge in [0.2, 0.25) is 0 Å². The maximum atomic E-state index is 12.4. The Morgan fingerprint density at radius 3 is 2.67 bits per heavy atom. The van der Waals surface area contributed by atoms with Crippen molar-refractivity contribution in [2.45, 2.75) is 51.5 Å². The number of pyridine rings is 1. The van der Waals surface area contributed by atoms with Crippen molar-refractivity contribution in [1.82, 2.24) is 10.3 Å². The fourth-order valence-electron chi connectivity index (χ4n) is 3.09. The molecule has 0 aromatic carbocycles. The van der Waals surface area contributed by atoms with E-state index in [1.54, 1.807) is 6.92 Å². The Kier molecular flexibility index (Phi) is 4.83. The van der Waals surface area contributed by atoms with Crippen molar-refractivity contribution in [3.05, 3.63) is 33.7 Å². The minimum absolute atomic E-state index is 0.0936. The van der Waals surface area contributed by atoms with Crippen LogP contribution in [-0.2, 0) is 0 Å². The van der Waals surface area contributed by atoms with Crippen LogP contribution in [0.25, 0.3) is 0 Å². The average molecular weight is 292 g/mol. The summed E-state index contributed by atoms with van der Waals surface area (Å²) in [5, 5.41) is 12.6. The second-order valence-corrected chi connectivity index (χ2v) is 6.26. The number of carbonyl (C=O) groups excluding carboxylic acids is 1. The topological polar surface area (TPSA) is 82.2 Å². The lowest BCUT2D eigenvalue weighted by Gasteiger charge is -2.39. The fourth-order valence-corrected chi connectivity index (χ4v) is 3.09. The lowest BCUT2D eigenvalue weighted by molar-refractivity contribution is 0.0678. The number of aromatic amines is 1. The van der Waals surface area contributed by atoms with Gasteiger partial charge in [-0.15, -0.1) is 0 Å². The standard InChI is InChI=1S/C16H24N2O3/c1-11-8-14(20)13(9-17-11)15(21)18-16(2,10-19)12-6-4-3-5-7-12/h8-9,12,19H,3-7,10H2,1-2H3,(H,17,20)(H,18,21)/t16-/m1/s1. The minimum atomic E-state index is -0.672. The summed E-state index contributed by atoms with van der Waals surface area (Å²) in [4.78, 5) is 27.1. The highest BCUT2D eigenvalue weighted by Crippen LogP contribution is 2.32. The molecule has 3 N–H and O–H groups in total. The molecule has 1 aliphatic carbocycles. The number of hydrogen-bond acceptors (Lipinski definition) is 3. The number of nitrogens with one attached hydrogen (secondary N) is 2. The van der Waals surface area contributed by atoms with Crippen LogP contribution in [0.2, 0.25) is 0 Å². The molecule has 0 aliphatic heterocycles. The molecule has 0 unspecified atom stereocenters. The summed E-state index contributed by atoms with van der Waals surface area (Å²) < 4.78 is 0. The van der Waals surface area contributed by atoms with Gasteiger partial charge in [-0.25, -0.2) is 0 Å². The molecule has 1 aromatic rings. The van der Waals surface area contributed by atoms with Gasteiger partial charge in [0.15, 0.2) is 5.43 Å². The zero-order valence-corrected chi connectivity index (χ0v) is 12.7. The molecule has 1 saturated carbocycles. The van der Waals surface area contributed by atoms with E-state index in [1.807, 2.05) is 6.92 Å². The Morgan fingerprint density at radius 1 is 1.43 bits per heavy atom. The van der Waals surface area contributed by atoms with Crippen LogP contribution in [0.5, 0.6) is 0 Å². The number of aliphatic hydroxyl groups excluding tert-OH is 1. The number of carbonyl (C=O) groups is 1. The van der Waals surface area contributed by atoms with Crippen LogP contribution in [0.15, 0.2) is 17.1 Å². The summed E-state index contributed by atoms with van der Waals surface area (Å²) in [5.74, 6) is -0.164. The molecule has 1 aromatic heterocycles.